The lowest BCUT2D eigenvalue weighted by atomic mass is 10.0. The summed E-state index contributed by atoms with van der Waals surface area (Å²) in [5.74, 6) is 0.349. The fourth-order valence-corrected chi connectivity index (χ4v) is 5.01. The number of nitrogens with zero attached hydrogens (tertiary/aromatic N) is 3. The highest BCUT2D eigenvalue weighted by Crippen LogP contribution is 2.30. The predicted molar refractivity (Wildman–Crippen MR) is 117 cm³/mol. The average molecular weight is 412 g/mol. The number of amides is 2. The van der Waals surface area contributed by atoms with E-state index in [0.29, 0.717) is 19.6 Å². The number of carbonyl (C=O) groups is 2. The molecule has 0 radical (unpaired) electrons. The maximum atomic E-state index is 13.1. The number of carbonyl (C=O) groups excluding carboxylic acids is 2. The van der Waals surface area contributed by atoms with E-state index in [1.807, 2.05) is 21.2 Å². The molecule has 0 unspecified atom stereocenters. The zero-order valence-electron chi connectivity index (χ0n) is 17.1. The Bertz CT molecular complexity index is 847. The second kappa shape index (κ2) is 9.09. The van der Waals surface area contributed by atoms with Crippen LogP contribution in [-0.4, -0.2) is 72.3 Å². The van der Waals surface area contributed by atoms with Crippen LogP contribution in [0.5, 0.6) is 0 Å². The van der Waals surface area contributed by atoms with Gasteiger partial charge in [-0.2, -0.15) is 0 Å². The minimum Gasteiger partial charge on any atom is -0.342 e. The Labute approximate surface area is 176 Å². The molecule has 3 heterocycles. The van der Waals surface area contributed by atoms with Gasteiger partial charge in [-0.1, -0.05) is 29.8 Å². The van der Waals surface area contributed by atoms with Crippen LogP contribution in [0.15, 0.2) is 35.7 Å². The van der Waals surface area contributed by atoms with E-state index in [-0.39, 0.29) is 11.8 Å². The summed E-state index contributed by atoms with van der Waals surface area (Å²) in [6.07, 6.45) is 3.48. The summed E-state index contributed by atoms with van der Waals surface area (Å²) in [4.78, 5) is 32.6. The van der Waals surface area contributed by atoms with Gasteiger partial charge in [-0.25, -0.2) is 0 Å². The monoisotopic (exact) mass is 411 g/mol. The average Bonchev–Trinajstić information content (AvgIpc) is 3.25. The van der Waals surface area contributed by atoms with Crippen molar-refractivity contribution in [3.8, 4) is 11.1 Å². The molecule has 0 aliphatic carbocycles. The first-order valence-corrected chi connectivity index (χ1v) is 11.4. The molecule has 1 aromatic carbocycles. The van der Waals surface area contributed by atoms with Crippen molar-refractivity contribution in [2.45, 2.75) is 26.2 Å². The Morgan fingerprint density at radius 2 is 1.55 bits per heavy atom. The Balaban J connectivity index is 1.34. The maximum absolute atomic E-state index is 13.1. The summed E-state index contributed by atoms with van der Waals surface area (Å²) in [7, 11) is 0. The van der Waals surface area contributed by atoms with Gasteiger partial charge in [0.25, 0.3) is 5.91 Å². The minimum absolute atomic E-state index is 0.109. The van der Waals surface area contributed by atoms with Crippen molar-refractivity contribution in [2.75, 3.05) is 45.8 Å². The summed E-state index contributed by atoms with van der Waals surface area (Å²) in [6, 6.07) is 10.4. The third-order valence-corrected chi connectivity index (χ3v) is 6.85. The molecule has 0 spiro atoms. The molecule has 0 atom stereocenters. The molecule has 154 valence electrons. The quantitative estimate of drug-likeness (QED) is 0.774. The van der Waals surface area contributed by atoms with Crippen LogP contribution in [0.4, 0.5) is 0 Å². The molecule has 0 N–H and O–H groups in total. The van der Waals surface area contributed by atoms with E-state index in [1.165, 1.54) is 23.3 Å². The van der Waals surface area contributed by atoms with Gasteiger partial charge in [-0.3, -0.25) is 14.5 Å². The summed E-state index contributed by atoms with van der Waals surface area (Å²) in [5.41, 5.74) is 3.32. The molecular formula is C23H29N3O2S. The number of piperidine rings is 1. The third kappa shape index (κ3) is 4.70. The lowest BCUT2D eigenvalue weighted by Crippen LogP contribution is -2.52. The molecule has 6 heteroatoms. The standard InChI is InChI=1S/C23H29N3O2S/c1-18-5-7-19(8-6-18)20-9-16-29-22(20)23(28)26-14-12-24(13-15-26)17-21(27)25-10-3-2-4-11-25/h5-9,16H,2-4,10-15,17H2,1H3. The highest BCUT2D eigenvalue weighted by Gasteiger charge is 2.27. The summed E-state index contributed by atoms with van der Waals surface area (Å²) < 4.78 is 0. The molecule has 0 saturated carbocycles. The number of hydrogen-bond acceptors (Lipinski definition) is 4. The van der Waals surface area contributed by atoms with Crippen LogP contribution in [0.1, 0.15) is 34.5 Å². The van der Waals surface area contributed by atoms with Crippen molar-refractivity contribution in [2.24, 2.45) is 0 Å². The van der Waals surface area contributed by atoms with E-state index < -0.39 is 0 Å². The number of benzene rings is 1. The predicted octanol–water partition coefficient (Wildman–Crippen LogP) is 3.49. The number of hydrogen-bond donors (Lipinski definition) is 0. The van der Waals surface area contributed by atoms with Crippen molar-refractivity contribution < 1.29 is 9.59 Å². The van der Waals surface area contributed by atoms with Gasteiger partial charge in [0.05, 0.1) is 11.4 Å². The van der Waals surface area contributed by atoms with E-state index >= 15 is 0 Å². The Morgan fingerprint density at radius 3 is 2.24 bits per heavy atom. The number of rotatable bonds is 4. The second-order valence-electron chi connectivity index (χ2n) is 8.04. The first-order chi connectivity index (χ1) is 14.1. The zero-order valence-corrected chi connectivity index (χ0v) is 17.9. The maximum Gasteiger partial charge on any atom is 0.264 e. The van der Waals surface area contributed by atoms with Gasteiger partial charge in [-0.05, 0) is 43.2 Å². The van der Waals surface area contributed by atoms with Gasteiger partial charge in [0.15, 0.2) is 0 Å². The molecule has 2 amide bonds. The van der Waals surface area contributed by atoms with Crippen molar-refractivity contribution in [1.82, 2.24) is 14.7 Å². The lowest BCUT2D eigenvalue weighted by molar-refractivity contribution is -0.133. The van der Waals surface area contributed by atoms with Gasteiger partial charge < -0.3 is 9.80 Å². The highest BCUT2D eigenvalue weighted by molar-refractivity contribution is 7.12. The number of piperazine rings is 1. The molecule has 4 rings (SSSR count). The molecule has 5 nitrogen and oxygen atoms in total. The number of thiophene rings is 1. The van der Waals surface area contributed by atoms with Crippen LogP contribution >= 0.6 is 11.3 Å². The molecule has 2 aliphatic heterocycles. The van der Waals surface area contributed by atoms with Crippen molar-refractivity contribution in [3.05, 3.63) is 46.2 Å². The van der Waals surface area contributed by atoms with Gasteiger partial charge in [0.1, 0.15) is 0 Å². The van der Waals surface area contributed by atoms with Crippen molar-refractivity contribution in [3.63, 3.8) is 0 Å². The smallest absolute Gasteiger partial charge is 0.264 e. The summed E-state index contributed by atoms with van der Waals surface area (Å²) in [6.45, 7) is 7.23. The normalized spacial score (nSPS) is 18.1. The van der Waals surface area contributed by atoms with Crippen LogP contribution in [0.25, 0.3) is 11.1 Å². The Morgan fingerprint density at radius 1 is 0.862 bits per heavy atom. The van der Waals surface area contributed by atoms with E-state index in [4.69, 9.17) is 0 Å². The van der Waals surface area contributed by atoms with Gasteiger partial charge in [-0.15, -0.1) is 11.3 Å². The fourth-order valence-electron chi connectivity index (χ4n) is 4.12. The fraction of sp³-hybridized carbons (Fsp3) is 0.478. The summed E-state index contributed by atoms with van der Waals surface area (Å²) >= 11 is 1.51. The molecule has 2 aliphatic rings. The van der Waals surface area contributed by atoms with Gasteiger partial charge in [0, 0.05) is 44.8 Å². The Hall–Kier alpha value is -2.18. The first-order valence-electron chi connectivity index (χ1n) is 10.6. The molecule has 29 heavy (non-hydrogen) atoms. The molecule has 2 aromatic rings. The topological polar surface area (TPSA) is 43.9 Å². The first kappa shape index (κ1) is 20.1. The van der Waals surface area contributed by atoms with E-state index in [9.17, 15) is 9.59 Å². The van der Waals surface area contributed by atoms with E-state index in [0.717, 1.165) is 55.0 Å². The van der Waals surface area contributed by atoms with E-state index in [2.05, 4.69) is 36.1 Å². The molecular weight excluding hydrogens is 382 g/mol. The third-order valence-electron chi connectivity index (χ3n) is 5.95. The van der Waals surface area contributed by atoms with Crippen molar-refractivity contribution in [1.29, 1.82) is 0 Å². The zero-order chi connectivity index (χ0) is 20.2. The van der Waals surface area contributed by atoms with E-state index in [1.54, 1.807) is 0 Å². The van der Waals surface area contributed by atoms with Gasteiger partial charge >= 0.3 is 0 Å². The van der Waals surface area contributed by atoms with Crippen LogP contribution in [-0.2, 0) is 4.79 Å². The van der Waals surface area contributed by atoms with Crippen LogP contribution in [0, 0.1) is 6.92 Å². The number of aryl methyl sites for hydroxylation is 1. The molecule has 2 saturated heterocycles. The highest BCUT2D eigenvalue weighted by atomic mass is 32.1. The van der Waals surface area contributed by atoms with Crippen LogP contribution < -0.4 is 0 Å². The SMILES string of the molecule is Cc1ccc(-c2ccsc2C(=O)N2CCN(CC(=O)N3CCCCC3)CC2)cc1. The largest absolute Gasteiger partial charge is 0.342 e. The minimum atomic E-state index is 0.109. The lowest BCUT2D eigenvalue weighted by Gasteiger charge is -2.36. The molecule has 2 fully saturated rings. The number of likely N-dealkylation sites (tertiary alicyclic amines) is 1. The molecule has 0 bridgehead atoms. The Kier molecular flexibility index (Phi) is 6.31. The van der Waals surface area contributed by atoms with Gasteiger partial charge in [0.2, 0.25) is 5.91 Å². The molecule has 1 aromatic heterocycles. The second-order valence-corrected chi connectivity index (χ2v) is 8.96. The van der Waals surface area contributed by atoms with Crippen molar-refractivity contribution >= 4 is 23.2 Å². The van der Waals surface area contributed by atoms with Crippen LogP contribution in [0.3, 0.4) is 0 Å². The summed E-state index contributed by atoms with van der Waals surface area (Å²) in [5, 5.41) is 2.00. The van der Waals surface area contributed by atoms with Crippen LogP contribution in [0.2, 0.25) is 0 Å².